The second-order valence-corrected chi connectivity index (χ2v) is 5.32. The van der Waals surface area contributed by atoms with Crippen LogP contribution in [0.3, 0.4) is 0 Å². The van der Waals surface area contributed by atoms with E-state index < -0.39 is 0 Å². The number of esters is 1. The topological polar surface area (TPSA) is 57.2 Å². The predicted molar refractivity (Wildman–Crippen MR) is 86.1 cm³/mol. The van der Waals surface area contributed by atoms with E-state index >= 15 is 0 Å². The van der Waals surface area contributed by atoms with Crippen LogP contribution in [-0.2, 0) is 23.7 Å². The van der Waals surface area contributed by atoms with Crippen LogP contribution in [0.1, 0.15) is 32.6 Å². The maximum Gasteiger partial charge on any atom is 0.305 e. The lowest BCUT2D eigenvalue weighted by molar-refractivity contribution is -0.145. The van der Waals surface area contributed by atoms with E-state index in [-0.39, 0.29) is 5.97 Å². The molecule has 0 aromatic rings. The summed E-state index contributed by atoms with van der Waals surface area (Å²) in [4.78, 5) is 13.4. The van der Waals surface area contributed by atoms with Crippen LogP contribution in [0, 0.1) is 0 Å². The average molecular weight is 319 g/mol. The SMILES string of the molecule is CCCCCC(=O)OCCOCCOCCOCCN(C)C. The lowest BCUT2D eigenvalue weighted by Gasteiger charge is -2.10. The molecule has 0 N–H and O–H groups in total. The van der Waals surface area contributed by atoms with Gasteiger partial charge in [0.2, 0.25) is 0 Å². The van der Waals surface area contributed by atoms with Crippen molar-refractivity contribution >= 4 is 5.97 Å². The molecule has 0 aliphatic carbocycles. The van der Waals surface area contributed by atoms with Crippen molar-refractivity contribution < 1.29 is 23.7 Å². The summed E-state index contributed by atoms with van der Waals surface area (Å²) in [6.45, 7) is 6.69. The van der Waals surface area contributed by atoms with Gasteiger partial charge >= 0.3 is 5.97 Å². The minimum atomic E-state index is -0.136. The Bertz CT molecular complexity index is 249. The van der Waals surface area contributed by atoms with Gasteiger partial charge in [0.15, 0.2) is 0 Å². The molecule has 132 valence electrons. The third-order valence-electron chi connectivity index (χ3n) is 2.90. The Morgan fingerprint density at radius 2 is 1.36 bits per heavy atom. The number of nitrogens with zero attached hydrogens (tertiary/aromatic N) is 1. The molecular weight excluding hydrogens is 286 g/mol. The van der Waals surface area contributed by atoms with Gasteiger partial charge in [-0.1, -0.05) is 19.8 Å². The molecule has 0 radical (unpaired) electrons. The van der Waals surface area contributed by atoms with E-state index in [9.17, 15) is 4.79 Å². The molecule has 0 amide bonds. The van der Waals surface area contributed by atoms with Crippen molar-refractivity contribution in [3.8, 4) is 0 Å². The van der Waals surface area contributed by atoms with Crippen LogP contribution >= 0.6 is 0 Å². The van der Waals surface area contributed by atoms with E-state index in [2.05, 4.69) is 11.8 Å². The molecule has 6 heteroatoms. The zero-order chi connectivity index (χ0) is 16.5. The first kappa shape index (κ1) is 21.3. The summed E-state index contributed by atoms with van der Waals surface area (Å²) in [5.41, 5.74) is 0. The Morgan fingerprint density at radius 3 is 1.91 bits per heavy atom. The molecule has 0 aromatic carbocycles. The van der Waals surface area contributed by atoms with Crippen LogP contribution < -0.4 is 0 Å². The summed E-state index contributed by atoms with van der Waals surface area (Å²) in [6.07, 6.45) is 3.59. The first-order chi connectivity index (χ1) is 10.7. The fourth-order valence-corrected chi connectivity index (χ4v) is 1.59. The Labute approximate surface area is 135 Å². The highest BCUT2D eigenvalue weighted by atomic mass is 16.6. The van der Waals surface area contributed by atoms with E-state index in [4.69, 9.17) is 18.9 Å². The predicted octanol–water partition coefficient (Wildman–Crippen LogP) is 1.72. The minimum absolute atomic E-state index is 0.136. The smallest absolute Gasteiger partial charge is 0.305 e. The van der Waals surface area contributed by atoms with Crippen LogP contribution in [0.25, 0.3) is 0 Å². The zero-order valence-electron chi connectivity index (χ0n) is 14.5. The van der Waals surface area contributed by atoms with Crippen LogP contribution in [0.4, 0.5) is 0 Å². The first-order valence-corrected chi connectivity index (χ1v) is 8.20. The van der Waals surface area contributed by atoms with Gasteiger partial charge in [0, 0.05) is 13.0 Å². The molecule has 0 atom stereocenters. The van der Waals surface area contributed by atoms with E-state index in [1.54, 1.807) is 0 Å². The number of hydrogen-bond acceptors (Lipinski definition) is 6. The van der Waals surface area contributed by atoms with Gasteiger partial charge in [-0.2, -0.15) is 0 Å². The Hall–Kier alpha value is -0.690. The van der Waals surface area contributed by atoms with Crippen molar-refractivity contribution in [1.82, 2.24) is 4.90 Å². The molecule has 0 unspecified atom stereocenters. The second kappa shape index (κ2) is 16.7. The van der Waals surface area contributed by atoms with Crippen LogP contribution in [-0.4, -0.2) is 77.8 Å². The summed E-state index contributed by atoms with van der Waals surface area (Å²) in [7, 11) is 4.03. The number of rotatable bonds is 16. The van der Waals surface area contributed by atoms with Gasteiger partial charge in [0.1, 0.15) is 6.61 Å². The van der Waals surface area contributed by atoms with Crippen molar-refractivity contribution in [2.75, 3.05) is 66.9 Å². The Morgan fingerprint density at radius 1 is 0.818 bits per heavy atom. The van der Waals surface area contributed by atoms with Crippen molar-refractivity contribution in [2.24, 2.45) is 0 Å². The monoisotopic (exact) mass is 319 g/mol. The fraction of sp³-hybridized carbons (Fsp3) is 0.938. The summed E-state index contributed by atoms with van der Waals surface area (Å²) in [5, 5.41) is 0. The van der Waals surface area contributed by atoms with E-state index in [1.807, 2.05) is 14.1 Å². The highest BCUT2D eigenvalue weighted by Gasteiger charge is 2.01. The molecule has 0 spiro atoms. The molecule has 0 aliphatic rings. The van der Waals surface area contributed by atoms with Crippen LogP contribution in [0.5, 0.6) is 0 Å². The van der Waals surface area contributed by atoms with Crippen LogP contribution in [0.15, 0.2) is 0 Å². The molecule has 0 aromatic heterocycles. The number of carbonyl (C=O) groups is 1. The zero-order valence-corrected chi connectivity index (χ0v) is 14.5. The highest BCUT2D eigenvalue weighted by Crippen LogP contribution is 2.00. The van der Waals surface area contributed by atoms with Gasteiger partial charge in [0.25, 0.3) is 0 Å². The van der Waals surface area contributed by atoms with Gasteiger partial charge in [-0.3, -0.25) is 4.79 Å². The standard InChI is InChI=1S/C16H33NO5/c1-4-5-6-7-16(18)22-15-14-21-13-12-20-11-10-19-9-8-17(2)3/h4-15H2,1-3H3. The van der Waals surface area contributed by atoms with Gasteiger partial charge in [0.05, 0.1) is 39.6 Å². The summed E-state index contributed by atoms with van der Waals surface area (Å²) < 4.78 is 21.1. The molecule has 0 saturated carbocycles. The maximum absolute atomic E-state index is 11.3. The number of hydrogen-bond donors (Lipinski definition) is 0. The maximum atomic E-state index is 11.3. The normalized spacial score (nSPS) is 11.1. The van der Waals surface area contributed by atoms with Crippen molar-refractivity contribution in [1.29, 1.82) is 0 Å². The number of likely N-dealkylation sites (N-methyl/N-ethyl adjacent to an activating group) is 1. The van der Waals surface area contributed by atoms with Crippen molar-refractivity contribution in [3.05, 3.63) is 0 Å². The van der Waals surface area contributed by atoms with Crippen molar-refractivity contribution in [3.63, 3.8) is 0 Å². The third kappa shape index (κ3) is 17.4. The molecule has 0 rings (SSSR count). The second-order valence-electron chi connectivity index (χ2n) is 5.32. The molecule has 0 heterocycles. The van der Waals surface area contributed by atoms with Gasteiger partial charge < -0.3 is 23.8 Å². The summed E-state index contributed by atoms with van der Waals surface area (Å²) in [5.74, 6) is -0.136. The average Bonchev–Trinajstić information content (AvgIpc) is 2.48. The molecule has 0 saturated heterocycles. The Balaban J connectivity index is 3.09. The molecule has 0 bridgehead atoms. The minimum Gasteiger partial charge on any atom is -0.463 e. The van der Waals surface area contributed by atoms with Crippen molar-refractivity contribution in [2.45, 2.75) is 32.6 Å². The van der Waals surface area contributed by atoms with E-state index in [0.717, 1.165) is 32.4 Å². The molecule has 0 fully saturated rings. The quantitative estimate of drug-likeness (QED) is 0.319. The lowest BCUT2D eigenvalue weighted by atomic mass is 10.2. The highest BCUT2D eigenvalue weighted by molar-refractivity contribution is 5.69. The van der Waals surface area contributed by atoms with E-state index in [0.29, 0.717) is 46.1 Å². The van der Waals surface area contributed by atoms with Gasteiger partial charge in [-0.05, 0) is 20.5 Å². The summed E-state index contributed by atoms with van der Waals surface area (Å²) in [6, 6.07) is 0. The lowest BCUT2D eigenvalue weighted by Crippen LogP contribution is -2.19. The number of carbonyl (C=O) groups excluding carboxylic acids is 1. The Kier molecular flexibility index (Phi) is 16.2. The number of unbranched alkanes of at least 4 members (excludes halogenated alkanes) is 2. The van der Waals surface area contributed by atoms with Crippen LogP contribution in [0.2, 0.25) is 0 Å². The third-order valence-corrected chi connectivity index (χ3v) is 2.90. The molecule has 0 aliphatic heterocycles. The van der Waals surface area contributed by atoms with Gasteiger partial charge in [-0.25, -0.2) is 0 Å². The molecule has 22 heavy (non-hydrogen) atoms. The molecule has 6 nitrogen and oxygen atoms in total. The largest absolute Gasteiger partial charge is 0.463 e. The number of ether oxygens (including phenoxy) is 4. The summed E-state index contributed by atoms with van der Waals surface area (Å²) >= 11 is 0. The first-order valence-electron chi connectivity index (χ1n) is 8.20. The van der Waals surface area contributed by atoms with Gasteiger partial charge in [-0.15, -0.1) is 0 Å². The molecular formula is C16H33NO5. The fourth-order valence-electron chi connectivity index (χ4n) is 1.59. The van der Waals surface area contributed by atoms with E-state index in [1.165, 1.54) is 0 Å².